The Kier molecular flexibility index (Phi) is 6.54. The monoisotopic (exact) mass is 342 g/mol. The van der Waals surface area contributed by atoms with Crippen molar-refractivity contribution in [3.8, 4) is 5.75 Å². The van der Waals surface area contributed by atoms with Crippen LogP contribution in [0.2, 0.25) is 0 Å². The van der Waals surface area contributed by atoms with Gasteiger partial charge in [0.25, 0.3) is 5.91 Å². The summed E-state index contributed by atoms with van der Waals surface area (Å²) in [5, 5.41) is 5.50. The van der Waals surface area contributed by atoms with E-state index in [1.54, 1.807) is 49.6 Å². The number of anilines is 2. The van der Waals surface area contributed by atoms with E-state index in [1.165, 1.54) is 6.92 Å². The molecule has 0 saturated carbocycles. The van der Waals surface area contributed by atoms with Crippen molar-refractivity contribution >= 4 is 23.2 Å². The molecule has 0 spiro atoms. The average Bonchev–Trinajstić information content (AvgIpc) is 2.58. The number of hydrogen-bond donors (Lipinski definition) is 2. The summed E-state index contributed by atoms with van der Waals surface area (Å²) in [6.07, 6.45) is 0. The molecular formula is C19H22N2O4. The van der Waals surface area contributed by atoms with Crippen molar-refractivity contribution in [2.75, 3.05) is 24.4 Å². The molecule has 6 nitrogen and oxygen atoms in total. The number of methoxy groups -OCH3 is 1. The highest BCUT2D eigenvalue weighted by atomic mass is 16.5. The number of benzene rings is 2. The van der Waals surface area contributed by atoms with E-state index < -0.39 is 0 Å². The summed E-state index contributed by atoms with van der Waals surface area (Å²) in [6.45, 7) is 4.26. The molecule has 0 radical (unpaired) electrons. The molecule has 6 heteroatoms. The van der Waals surface area contributed by atoms with Crippen LogP contribution in [0.15, 0.2) is 42.5 Å². The summed E-state index contributed by atoms with van der Waals surface area (Å²) in [5.41, 5.74) is 2.65. The molecule has 2 rings (SSSR count). The standard InChI is InChI=1S/C19H22N2O4/c1-4-25-18-10-5-14(11-15(18)12-24-3)19(23)21-17-8-6-16(7-9-17)20-13(2)22/h5-11H,4,12H2,1-3H3,(H,20,22)(H,21,23). The van der Waals surface area contributed by atoms with Gasteiger partial charge in [-0.1, -0.05) is 0 Å². The van der Waals surface area contributed by atoms with Crippen molar-refractivity contribution < 1.29 is 19.1 Å². The SMILES string of the molecule is CCOc1ccc(C(=O)Nc2ccc(NC(C)=O)cc2)cc1COC. The smallest absolute Gasteiger partial charge is 0.255 e. The van der Waals surface area contributed by atoms with E-state index in [2.05, 4.69) is 10.6 Å². The topological polar surface area (TPSA) is 76.7 Å². The molecule has 0 fully saturated rings. The summed E-state index contributed by atoms with van der Waals surface area (Å²) < 4.78 is 10.7. The molecule has 0 aliphatic rings. The molecule has 0 bridgehead atoms. The molecule has 2 aromatic rings. The van der Waals surface area contributed by atoms with Crippen LogP contribution in [0.5, 0.6) is 5.75 Å². The molecule has 25 heavy (non-hydrogen) atoms. The highest BCUT2D eigenvalue weighted by molar-refractivity contribution is 6.04. The second kappa shape index (κ2) is 8.84. The van der Waals surface area contributed by atoms with Crippen LogP contribution < -0.4 is 15.4 Å². The minimum atomic E-state index is -0.229. The molecule has 0 aliphatic heterocycles. The summed E-state index contributed by atoms with van der Waals surface area (Å²) in [6, 6.07) is 12.2. The molecule has 0 unspecified atom stereocenters. The normalized spacial score (nSPS) is 10.2. The van der Waals surface area contributed by atoms with Gasteiger partial charge in [0.15, 0.2) is 0 Å². The van der Waals surface area contributed by atoms with Crippen molar-refractivity contribution in [1.29, 1.82) is 0 Å². The Labute approximate surface area is 147 Å². The first-order valence-corrected chi connectivity index (χ1v) is 7.97. The summed E-state index contributed by atoms with van der Waals surface area (Å²) in [4.78, 5) is 23.5. The van der Waals surface area contributed by atoms with Gasteiger partial charge in [-0.25, -0.2) is 0 Å². The number of ether oxygens (including phenoxy) is 2. The van der Waals surface area contributed by atoms with Crippen molar-refractivity contribution in [2.24, 2.45) is 0 Å². The van der Waals surface area contributed by atoms with Gasteiger partial charge in [0, 0.05) is 36.5 Å². The third kappa shape index (κ3) is 5.32. The first kappa shape index (κ1) is 18.5. The molecular weight excluding hydrogens is 320 g/mol. The van der Waals surface area contributed by atoms with E-state index in [9.17, 15) is 9.59 Å². The second-order valence-corrected chi connectivity index (χ2v) is 5.40. The molecule has 0 aromatic heterocycles. The number of carbonyl (C=O) groups excluding carboxylic acids is 2. The minimum Gasteiger partial charge on any atom is -0.494 e. The lowest BCUT2D eigenvalue weighted by molar-refractivity contribution is -0.114. The zero-order valence-corrected chi connectivity index (χ0v) is 14.6. The third-order valence-corrected chi connectivity index (χ3v) is 3.39. The maximum absolute atomic E-state index is 12.4. The average molecular weight is 342 g/mol. The summed E-state index contributed by atoms with van der Waals surface area (Å²) in [5.74, 6) is 0.338. The van der Waals surface area contributed by atoms with Crippen LogP contribution in [0.4, 0.5) is 11.4 Å². The van der Waals surface area contributed by atoms with Crippen molar-refractivity contribution in [1.82, 2.24) is 0 Å². The molecule has 2 aromatic carbocycles. The molecule has 0 heterocycles. The van der Waals surface area contributed by atoms with Gasteiger partial charge in [0.1, 0.15) is 5.75 Å². The van der Waals surface area contributed by atoms with Gasteiger partial charge >= 0.3 is 0 Å². The van der Waals surface area contributed by atoms with Crippen LogP contribution in [0.25, 0.3) is 0 Å². The molecule has 2 N–H and O–H groups in total. The quantitative estimate of drug-likeness (QED) is 0.808. The van der Waals surface area contributed by atoms with Crippen LogP contribution in [-0.4, -0.2) is 25.5 Å². The van der Waals surface area contributed by atoms with Crippen molar-refractivity contribution in [3.63, 3.8) is 0 Å². The molecule has 0 atom stereocenters. The molecule has 0 aliphatic carbocycles. The third-order valence-electron chi connectivity index (χ3n) is 3.39. The Hall–Kier alpha value is -2.86. The lowest BCUT2D eigenvalue weighted by Crippen LogP contribution is -2.13. The Morgan fingerprint density at radius 2 is 1.64 bits per heavy atom. The Morgan fingerprint density at radius 1 is 1.00 bits per heavy atom. The fourth-order valence-corrected chi connectivity index (χ4v) is 2.33. The van der Waals surface area contributed by atoms with Crippen LogP contribution in [0, 0.1) is 0 Å². The van der Waals surface area contributed by atoms with E-state index >= 15 is 0 Å². The van der Waals surface area contributed by atoms with E-state index in [0.29, 0.717) is 35.9 Å². The molecule has 132 valence electrons. The van der Waals surface area contributed by atoms with Gasteiger partial charge in [-0.05, 0) is 49.4 Å². The zero-order chi connectivity index (χ0) is 18.2. The van der Waals surface area contributed by atoms with E-state index in [4.69, 9.17) is 9.47 Å². The van der Waals surface area contributed by atoms with Gasteiger partial charge in [0.05, 0.1) is 13.2 Å². The number of carbonyl (C=O) groups is 2. The number of nitrogens with one attached hydrogen (secondary N) is 2. The molecule has 0 saturated heterocycles. The second-order valence-electron chi connectivity index (χ2n) is 5.40. The van der Waals surface area contributed by atoms with Gasteiger partial charge in [-0.3, -0.25) is 9.59 Å². The van der Waals surface area contributed by atoms with Crippen molar-refractivity contribution in [3.05, 3.63) is 53.6 Å². The van der Waals surface area contributed by atoms with E-state index in [0.717, 1.165) is 5.56 Å². The number of hydrogen-bond acceptors (Lipinski definition) is 4. The predicted molar refractivity (Wildman–Crippen MR) is 97.0 cm³/mol. The zero-order valence-electron chi connectivity index (χ0n) is 14.6. The summed E-state index contributed by atoms with van der Waals surface area (Å²) >= 11 is 0. The van der Waals surface area contributed by atoms with Gasteiger partial charge in [0.2, 0.25) is 5.91 Å². The first-order chi connectivity index (χ1) is 12.0. The van der Waals surface area contributed by atoms with E-state index in [-0.39, 0.29) is 11.8 Å². The van der Waals surface area contributed by atoms with Gasteiger partial charge in [-0.2, -0.15) is 0 Å². The van der Waals surface area contributed by atoms with Crippen LogP contribution >= 0.6 is 0 Å². The fraction of sp³-hybridized carbons (Fsp3) is 0.263. The minimum absolute atomic E-state index is 0.142. The van der Waals surface area contributed by atoms with Gasteiger partial charge in [-0.15, -0.1) is 0 Å². The highest BCUT2D eigenvalue weighted by Crippen LogP contribution is 2.22. The number of rotatable bonds is 7. The van der Waals surface area contributed by atoms with Gasteiger partial charge < -0.3 is 20.1 Å². The molecule has 2 amide bonds. The Balaban J connectivity index is 2.11. The Morgan fingerprint density at radius 3 is 2.20 bits per heavy atom. The van der Waals surface area contributed by atoms with Crippen LogP contribution in [0.1, 0.15) is 29.8 Å². The first-order valence-electron chi connectivity index (χ1n) is 7.97. The Bertz CT molecular complexity index is 742. The van der Waals surface area contributed by atoms with E-state index in [1.807, 2.05) is 6.92 Å². The number of amides is 2. The maximum atomic E-state index is 12.4. The van der Waals surface area contributed by atoms with Crippen molar-refractivity contribution in [2.45, 2.75) is 20.5 Å². The summed E-state index contributed by atoms with van der Waals surface area (Å²) in [7, 11) is 1.60. The lowest BCUT2D eigenvalue weighted by atomic mass is 10.1. The maximum Gasteiger partial charge on any atom is 0.255 e. The predicted octanol–water partition coefficient (Wildman–Crippen LogP) is 3.44. The van der Waals surface area contributed by atoms with Crippen LogP contribution in [0.3, 0.4) is 0 Å². The highest BCUT2D eigenvalue weighted by Gasteiger charge is 2.11. The largest absolute Gasteiger partial charge is 0.494 e. The lowest BCUT2D eigenvalue weighted by Gasteiger charge is -2.12. The van der Waals surface area contributed by atoms with Crippen LogP contribution in [-0.2, 0) is 16.1 Å². The fourth-order valence-electron chi connectivity index (χ4n) is 2.33.